The fourth-order valence-electron chi connectivity index (χ4n) is 3.87. The van der Waals surface area contributed by atoms with Crippen LogP contribution in [0.5, 0.6) is 11.5 Å². The molecule has 0 saturated carbocycles. The molecule has 158 valence electrons. The number of carbonyl (C=O) groups is 3. The van der Waals surface area contributed by atoms with Gasteiger partial charge in [0.25, 0.3) is 11.8 Å². The van der Waals surface area contributed by atoms with Crippen LogP contribution in [-0.4, -0.2) is 47.8 Å². The van der Waals surface area contributed by atoms with Gasteiger partial charge in [-0.05, 0) is 24.3 Å². The molecule has 0 radical (unpaired) electrons. The number of amides is 2. The van der Waals surface area contributed by atoms with E-state index in [0.29, 0.717) is 34.0 Å². The number of hydrazone groups is 1. The Morgan fingerprint density at radius 2 is 1.87 bits per heavy atom. The van der Waals surface area contributed by atoms with E-state index in [1.807, 2.05) is 0 Å². The molecule has 2 aliphatic heterocycles. The molecule has 1 spiro atoms. The number of methoxy groups -OCH3 is 2. The van der Waals surface area contributed by atoms with E-state index in [-0.39, 0.29) is 6.42 Å². The van der Waals surface area contributed by atoms with Crippen LogP contribution in [0.3, 0.4) is 0 Å². The van der Waals surface area contributed by atoms with Crippen molar-refractivity contribution in [2.24, 2.45) is 5.10 Å². The summed E-state index contributed by atoms with van der Waals surface area (Å²) in [5.74, 6) is -1.40. The molecule has 1 atom stereocenters. The zero-order valence-corrected chi connectivity index (χ0v) is 16.8. The van der Waals surface area contributed by atoms with Gasteiger partial charge >= 0.3 is 5.97 Å². The smallest absolute Gasteiger partial charge is 0.328 e. The van der Waals surface area contributed by atoms with Crippen molar-refractivity contribution in [1.82, 2.24) is 5.01 Å². The van der Waals surface area contributed by atoms with E-state index in [4.69, 9.17) is 14.6 Å². The maximum atomic E-state index is 13.1. The molecule has 0 fully saturated rings. The lowest BCUT2D eigenvalue weighted by molar-refractivity contribution is -0.140. The SMILES string of the molecule is COc1ccc(C2=NN(C(=O)C=CC(=O)O)C3(C2)C(=O)Nc2ccccc23)cc1OC. The number of aliphatic carboxylic acids is 1. The lowest BCUT2D eigenvalue weighted by Crippen LogP contribution is -2.48. The number of ether oxygens (including phenoxy) is 2. The van der Waals surface area contributed by atoms with Crippen molar-refractivity contribution in [3.8, 4) is 11.5 Å². The normalized spacial score (nSPS) is 19.4. The van der Waals surface area contributed by atoms with Gasteiger partial charge in [0.1, 0.15) is 0 Å². The van der Waals surface area contributed by atoms with Gasteiger partial charge in [0, 0.05) is 35.4 Å². The molecular formula is C22H19N3O6. The minimum Gasteiger partial charge on any atom is -0.493 e. The van der Waals surface area contributed by atoms with Crippen LogP contribution in [-0.2, 0) is 19.9 Å². The van der Waals surface area contributed by atoms with Crippen LogP contribution in [0.25, 0.3) is 0 Å². The van der Waals surface area contributed by atoms with E-state index in [1.165, 1.54) is 14.2 Å². The van der Waals surface area contributed by atoms with Gasteiger partial charge in [0.15, 0.2) is 17.0 Å². The number of fused-ring (bicyclic) bond motifs is 2. The molecule has 1 unspecified atom stereocenters. The van der Waals surface area contributed by atoms with Crippen molar-refractivity contribution in [2.45, 2.75) is 12.0 Å². The van der Waals surface area contributed by atoms with Crippen molar-refractivity contribution in [1.29, 1.82) is 0 Å². The average Bonchev–Trinajstić information content (AvgIpc) is 3.31. The molecule has 0 aliphatic carbocycles. The number of nitrogens with one attached hydrogen (secondary N) is 1. The highest BCUT2D eigenvalue weighted by molar-refractivity contribution is 6.16. The first kappa shape index (κ1) is 20.1. The Morgan fingerprint density at radius 3 is 2.58 bits per heavy atom. The second-order valence-corrected chi connectivity index (χ2v) is 6.97. The number of hydrogen-bond acceptors (Lipinski definition) is 6. The number of carbonyl (C=O) groups excluding carboxylic acids is 2. The molecule has 2 aliphatic rings. The summed E-state index contributed by atoms with van der Waals surface area (Å²) in [5.41, 5.74) is 0.878. The minimum absolute atomic E-state index is 0.109. The summed E-state index contributed by atoms with van der Waals surface area (Å²) in [6.07, 6.45) is 1.72. The topological polar surface area (TPSA) is 118 Å². The molecule has 2 aromatic carbocycles. The van der Waals surface area contributed by atoms with E-state index in [2.05, 4.69) is 10.4 Å². The Balaban J connectivity index is 1.83. The van der Waals surface area contributed by atoms with Crippen LogP contribution in [0.15, 0.2) is 59.7 Å². The molecule has 31 heavy (non-hydrogen) atoms. The largest absolute Gasteiger partial charge is 0.493 e. The fraction of sp³-hybridized carbons (Fsp3) is 0.182. The van der Waals surface area contributed by atoms with E-state index in [1.54, 1.807) is 42.5 Å². The lowest BCUT2D eigenvalue weighted by atomic mass is 9.85. The Morgan fingerprint density at radius 1 is 1.13 bits per heavy atom. The summed E-state index contributed by atoms with van der Waals surface area (Å²) in [6.45, 7) is 0. The van der Waals surface area contributed by atoms with Gasteiger partial charge in [0.2, 0.25) is 0 Å². The Hall–Kier alpha value is -4.14. The van der Waals surface area contributed by atoms with Crippen molar-refractivity contribution >= 4 is 29.2 Å². The number of benzene rings is 2. The molecule has 4 rings (SSSR count). The zero-order valence-electron chi connectivity index (χ0n) is 16.8. The van der Waals surface area contributed by atoms with Gasteiger partial charge in [-0.15, -0.1) is 0 Å². The van der Waals surface area contributed by atoms with Crippen LogP contribution in [0, 0.1) is 0 Å². The van der Waals surface area contributed by atoms with Crippen molar-refractivity contribution < 1.29 is 29.0 Å². The summed E-state index contributed by atoms with van der Waals surface area (Å²) in [7, 11) is 3.03. The quantitative estimate of drug-likeness (QED) is 0.715. The molecule has 0 bridgehead atoms. The molecule has 0 aromatic heterocycles. The number of nitrogens with zero attached hydrogens (tertiary/aromatic N) is 2. The van der Waals surface area contributed by atoms with Gasteiger partial charge < -0.3 is 19.9 Å². The zero-order chi connectivity index (χ0) is 22.2. The van der Waals surface area contributed by atoms with E-state index < -0.39 is 23.3 Å². The summed E-state index contributed by atoms with van der Waals surface area (Å²) in [5, 5.41) is 17.2. The van der Waals surface area contributed by atoms with Gasteiger partial charge in [-0.2, -0.15) is 5.10 Å². The number of rotatable bonds is 5. The summed E-state index contributed by atoms with van der Waals surface area (Å²) in [6, 6.07) is 12.2. The third-order valence-electron chi connectivity index (χ3n) is 5.30. The number of carboxylic acid groups (broad SMARTS) is 1. The predicted octanol–water partition coefficient (Wildman–Crippen LogP) is 2.13. The molecule has 9 heteroatoms. The van der Waals surface area contributed by atoms with Gasteiger partial charge in [0.05, 0.1) is 19.9 Å². The standard InChI is InChI=1S/C22H19N3O6/c1-30-17-8-7-13(11-18(17)31-2)16-12-22(25(24-16)19(26)9-10-20(27)28)14-5-3-4-6-15(14)23-21(22)29/h3-11H,12H2,1-2H3,(H,23,29)(H,27,28). The number of hydrogen-bond donors (Lipinski definition) is 2. The van der Waals surface area contributed by atoms with E-state index in [9.17, 15) is 14.4 Å². The van der Waals surface area contributed by atoms with Gasteiger partial charge in [-0.25, -0.2) is 9.80 Å². The summed E-state index contributed by atoms with van der Waals surface area (Å²) < 4.78 is 10.6. The van der Waals surface area contributed by atoms with Crippen molar-refractivity contribution in [3.63, 3.8) is 0 Å². The molecule has 9 nitrogen and oxygen atoms in total. The fourth-order valence-corrected chi connectivity index (χ4v) is 3.87. The first-order valence-corrected chi connectivity index (χ1v) is 9.36. The average molecular weight is 421 g/mol. The van der Waals surface area contributed by atoms with E-state index in [0.717, 1.165) is 17.2 Å². The third-order valence-corrected chi connectivity index (χ3v) is 5.30. The Labute approximate surface area is 177 Å². The molecule has 2 N–H and O–H groups in total. The Bertz CT molecular complexity index is 1160. The monoisotopic (exact) mass is 421 g/mol. The first-order chi connectivity index (χ1) is 14.9. The second kappa shape index (κ2) is 7.60. The van der Waals surface area contributed by atoms with Crippen LogP contribution >= 0.6 is 0 Å². The Kier molecular flexibility index (Phi) is 4.94. The molecule has 0 saturated heterocycles. The number of anilines is 1. The number of para-hydroxylation sites is 1. The van der Waals surface area contributed by atoms with Gasteiger partial charge in [-0.1, -0.05) is 18.2 Å². The highest BCUT2D eigenvalue weighted by atomic mass is 16.5. The van der Waals surface area contributed by atoms with Crippen molar-refractivity contribution in [3.05, 3.63) is 65.7 Å². The van der Waals surface area contributed by atoms with Crippen LogP contribution in [0.1, 0.15) is 17.5 Å². The highest BCUT2D eigenvalue weighted by Gasteiger charge is 2.57. The maximum absolute atomic E-state index is 13.1. The third kappa shape index (κ3) is 3.20. The first-order valence-electron chi connectivity index (χ1n) is 9.36. The maximum Gasteiger partial charge on any atom is 0.328 e. The summed E-state index contributed by atoms with van der Waals surface area (Å²) >= 11 is 0. The molecule has 2 aromatic rings. The second-order valence-electron chi connectivity index (χ2n) is 6.97. The van der Waals surface area contributed by atoms with Crippen LogP contribution in [0.2, 0.25) is 0 Å². The van der Waals surface area contributed by atoms with E-state index >= 15 is 0 Å². The highest BCUT2D eigenvalue weighted by Crippen LogP contribution is 2.47. The van der Waals surface area contributed by atoms with Crippen LogP contribution < -0.4 is 14.8 Å². The van der Waals surface area contributed by atoms with Crippen molar-refractivity contribution in [2.75, 3.05) is 19.5 Å². The lowest BCUT2D eigenvalue weighted by Gasteiger charge is -2.29. The number of carboxylic acids is 1. The predicted molar refractivity (Wildman–Crippen MR) is 111 cm³/mol. The molecule has 2 heterocycles. The summed E-state index contributed by atoms with van der Waals surface area (Å²) in [4.78, 5) is 37.0. The van der Waals surface area contributed by atoms with Gasteiger partial charge in [-0.3, -0.25) is 9.59 Å². The molecular weight excluding hydrogens is 402 g/mol. The molecule has 2 amide bonds. The minimum atomic E-state index is -1.42. The van der Waals surface area contributed by atoms with Crippen LogP contribution in [0.4, 0.5) is 5.69 Å².